The Kier molecular flexibility index (Phi) is 7.96. The van der Waals surface area contributed by atoms with Crippen molar-refractivity contribution in [1.29, 1.82) is 0 Å². The Morgan fingerprint density at radius 2 is 1.97 bits per heavy atom. The third kappa shape index (κ3) is 4.99. The highest BCUT2D eigenvalue weighted by atomic mass is 32.1. The van der Waals surface area contributed by atoms with Gasteiger partial charge in [0.15, 0.2) is 5.11 Å². The number of hydrogen-bond donors (Lipinski definition) is 2. The molecule has 164 valence electrons. The molecular formula is C20H29N5O3S2. The molecule has 2 N–H and O–H groups in total. The van der Waals surface area contributed by atoms with Crippen LogP contribution in [0.15, 0.2) is 6.20 Å². The van der Waals surface area contributed by atoms with Crippen molar-refractivity contribution in [3.63, 3.8) is 0 Å². The first-order chi connectivity index (χ1) is 14.1. The molecule has 30 heavy (non-hydrogen) atoms. The lowest BCUT2D eigenvalue weighted by atomic mass is 10.1. The molecule has 0 aromatic carbocycles. The smallest absolute Gasteiger partial charge is 0.341 e. The van der Waals surface area contributed by atoms with Crippen molar-refractivity contribution in [1.82, 2.24) is 20.0 Å². The number of carbonyl (C=O) groups excluding carboxylic acids is 2. The molecule has 0 aliphatic heterocycles. The normalized spacial score (nSPS) is 11.7. The monoisotopic (exact) mass is 451 g/mol. The molecule has 0 saturated heterocycles. The summed E-state index contributed by atoms with van der Waals surface area (Å²) in [7, 11) is 3.18. The van der Waals surface area contributed by atoms with Gasteiger partial charge in [0.1, 0.15) is 5.00 Å². The maximum atomic E-state index is 12.9. The lowest BCUT2D eigenvalue weighted by Gasteiger charge is -2.18. The molecule has 1 unspecified atom stereocenters. The van der Waals surface area contributed by atoms with Crippen LogP contribution in [0.3, 0.4) is 0 Å². The number of thiophene rings is 1. The zero-order valence-corrected chi connectivity index (χ0v) is 20.1. The van der Waals surface area contributed by atoms with E-state index in [0.29, 0.717) is 39.2 Å². The minimum absolute atomic E-state index is 0.0851. The van der Waals surface area contributed by atoms with E-state index in [9.17, 15) is 9.59 Å². The predicted octanol–water partition coefficient (Wildman–Crippen LogP) is 3.41. The van der Waals surface area contributed by atoms with E-state index < -0.39 is 5.97 Å². The summed E-state index contributed by atoms with van der Waals surface area (Å²) in [5.41, 5.74) is 2.85. The lowest BCUT2D eigenvalue weighted by Crippen LogP contribution is -2.31. The van der Waals surface area contributed by atoms with E-state index in [4.69, 9.17) is 17.0 Å². The maximum absolute atomic E-state index is 12.9. The minimum atomic E-state index is -0.510. The second-order valence-corrected chi connectivity index (χ2v) is 8.32. The molecule has 1 amide bonds. The third-order valence-electron chi connectivity index (χ3n) is 4.87. The first kappa shape index (κ1) is 23.8. The van der Waals surface area contributed by atoms with E-state index in [0.717, 1.165) is 11.3 Å². The van der Waals surface area contributed by atoms with Crippen molar-refractivity contribution in [2.24, 2.45) is 7.05 Å². The second-order valence-electron chi connectivity index (χ2n) is 6.89. The number of methoxy groups -OCH3 is 1. The van der Waals surface area contributed by atoms with Gasteiger partial charge in [-0.05, 0) is 52.4 Å². The summed E-state index contributed by atoms with van der Waals surface area (Å²) >= 11 is 6.68. The van der Waals surface area contributed by atoms with Gasteiger partial charge in [0.2, 0.25) is 0 Å². The van der Waals surface area contributed by atoms with Crippen molar-refractivity contribution in [3.05, 3.63) is 33.5 Å². The molecule has 1 atom stereocenters. The molecule has 8 nitrogen and oxygen atoms in total. The van der Waals surface area contributed by atoms with Crippen LogP contribution in [0.4, 0.5) is 5.00 Å². The van der Waals surface area contributed by atoms with Gasteiger partial charge < -0.3 is 20.3 Å². The van der Waals surface area contributed by atoms with Crippen LogP contribution in [0.1, 0.15) is 63.7 Å². The number of hydrogen-bond acceptors (Lipinski definition) is 6. The number of ether oxygens (including phenoxy) is 1. The summed E-state index contributed by atoms with van der Waals surface area (Å²) in [5, 5.41) is 11.5. The Morgan fingerprint density at radius 3 is 2.47 bits per heavy atom. The zero-order chi connectivity index (χ0) is 22.6. The van der Waals surface area contributed by atoms with E-state index in [2.05, 4.69) is 15.7 Å². The molecule has 0 radical (unpaired) electrons. The largest absolute Gasteiger partial charge is 0.465 e. The van der Waals surface area contributed by atoms with E-state index in [-0.39, 0.29) is 11.9 Å². The van der Waals surface area contributed by atoms with Gasteiger partial charge in [-0.25, -0.2) is 4.79 Å². The highest BCUT2D eigenvalue weighted by Crippen LogP contribution is 2.34. The molecule has 0 aliphatic carbocycles. The SMILES string of the molecule is CCN(CC)C(=O)c1sc(NC(=S)NC(C)c2cn(C)nc2C)c(C(=O)OC)c1C. The predicted molar refractivity (Wildman–Crippen MR) is 123 cm³/mol. The number of nitrogens with zero attached hydrogens (tertiary/aromatic N) is 3. The summed E-state index contributed by atoms with van der Waals surface area (Å²) in [6, 6.07) is -0.0851. The van der Waals surface area contributed by atoms with Crippen molar-refractivity contribution in [3.8, 4) is 0 Å². The average Bonchev–Trinajstić information content (AvgIpc) is 3.20. The fourth-order valence-corrected chi connectivity index (χ4v) is 4.78. The Hall–Kier alpha value is -2.46. The molecule has 0 fully saturated rings. The molecular weight excluding hydrogens is 422 g/mol. The Morgan fingerprint density at radius 1 is 1.33 bits per heavy atom. The number of esters is 1. The van der Waals surface area contributed by atoms with Crippen LogP contribution < -0.4 is 10.6 Å². The molecule has 0 spiro atoms. The highest BCUT2D eigenvalue weighted by molar-refractivity contribution is 7.80. The first-order valence-electron chi connectivity index (χ1n) is 9.73. The Bertz CT molecular complexity index is 947. The Balaban J connectivity index is 2.30. The highest BCUT2D eigenvalue weighted by Gasteiger charge is 2.27. The molecule has 0 bridgehead atoms. The molecule has 2 aromatic rings. The van der Waals surface area contributed by atoms with Crippen molar-refractivity contribution < 1.29 is 14.3 Å². The van der Waals surface area contributed by atoms with Crippen molar-refractivity contribution in [2.45, 2.75) is 40.7 Å². The van der Waals surface area contributed by atoms with Crippen LogP contribution in [-0.2, 0) is 11.8 Å². The summed E-state index contributed by atoms with van der Waals surface area (Å²) < 4.78 is 6.69. The number of anilines is 1. The summed E-state index contributed by atoms with van der Waals surface area (Å²) in [6.07, 6.45) is 1.94. The number of amides is 1. The van der Waals surface area contributed by atoms with Gasteiger partial charge in [0, 0.05) is 31.9 Å². The minimum Gasteiger partial charge on any atom is -0.465 e. The van der Waals surface area contributed by atoms with Gasteiger partial charge in [0.25, 0.3) is 5.91 Å². The van der Waals surface area contributed by atoms with E-state index >= 15 is 0 Å². The van der Waals surface area contributed by atoms with E-state index in [1.807, 2.05) is 40.9 Å². The molecule has 2 rings (SSSR count). The summed E-state index contributed by atoms with van der Waals surface area (Å²) in [4.78, 5) is 27.5. The second kappa shape index (κ2) is 10.0. The number of rotatable bonds is 7. The average molecular weight is 452 g/mol. The van der Waals surface area contributed by atoms with E-state index in [1.54, 1.807) is 16.5 Å². The van der Waals surface area contributed by atoms with Gasteiger partial charge in [-0.15, -0.1) is 11.3 Å². The van der Waals surface area contributed by atoms with Crippen LogP contribution in [0.25, 0.3) is 0 Å². The standard InChI is InChI=1S/C20H29N5O3S2/c1-8-25(9-2)18(26)16-11(3)15(19(27)28-7)17(30-16)22-20(29)21-12(4)14-10-24(6)23-13(14)5/h10,12H,8-9H2,1-7H3,(H2,21,22,29). The van der Waals surface area contributed by atoms with Crippen molar-refractivity contribution >= 4 is 45.5 Å². The number of carbonyl (C=O) groups is 2. The van der Waals surface area contributed by atoms with Crippen LogP contribution in [0.5, 0.6) is 0 Å². The van der Waals surface area contributed by atoms with Gasteiger partial charge in [0.05, 0.1) is 29.3 Å². The number of aromatic nitrogens is 2. The number of thiocarbonyl (C=S) groups is 1. The molecule has 10 heteroatoms. The summed E-state index contributed by atoms with van der Waals surface area (Å²) in [5.74, 6) is -0.622. The number of nitrogens with one attached hydrogen (secondary N) is 2. The van der Waals surface area contributed by atoms with Crippen molar-refractivity contribution in [2.75, 3.05) is 25.5 Å². The molecule has 2 aromatic heterocycles. The van der Waals surface area contributed by atoms with Gasteiger partial charge in [-0.3, -0.25) is 9.48 Å². The third-order valence-corrected chi connectivity index (χ3v) is 6.29. The topological polar surface area (TPSA) is 88.5 Å². The number of aryl methyl sites for hydroxylation is 2. The van der Waals surface area contributed by atoms with E-state index in [1.165, 1.54) is 18.4 Å². The van der Waals surface area contributed by atoms with Crippen LogP contribution in [-0.4, -0.2) is 51.9 Å². The summed E-state index contributed by atoms with van der Waals surface area (Å²) in [6.45, 7) is 10.7. The maximum Gasteiger partial charge on any atom is 0.341 e. The lowest BCUT2D eigenvalue weighted by molar-refractivity contribution is 0.0601. The molecule has 2 heterocycles. The van der Waals surface area contributed by atoms with Crippen LogP contribution in [0, 0.1) is 13.8 Å². The quantitative estimate of drug-likeness (QED) is 0.493. The van der Waals surface area contributed by atoms with Crippen LogP contribution >= 0.6 is 23.6 Å². The molecule has 0 saturated carbocycles. The van der Waals surface area contributed by atoms with Crippen LogP contribution in [0.2, 0.25) is 0 Å². The van der Waals surface area contributed by atoms with Gasteiger partial charge in [-0.2, -0.15) is 5.10 Å². The Labute approximate surface area is 186 Å². The zero-order valence-electron chi connectivity index (χ0n) is 18.5. The fraction of sp³-hybridized carbons (Fsp3) is 0.500. The van der Waals surface area contributed by atoms with Gasteiger partial charge in [-0.1, -0.05) is 0 Å². The first-order valence-corrected chi connectivity index (χ1v) is 11.0. The molecule has 0 aliphatic rings. The van der Waals surface area contributed by atoms with Gasteiger partial charge >= 0.3 is 5.97 Å². The fourth-order valence-electron chi connectivity index (χ4n) is 3.26.